The van der Waals surface area contributed by atoms with Gasteiger partial charge in [0.15, 0.2) is 0 Å². The van der Waals surface area contributed by atoms with Crippen molar-refractivity contribution in [2.24, 2.45) is 0 Å². The van der Waals surface area contributed by atoms with Crippen LogP contribution in [0.3, 0.4) is 0 Å². The second-order valence-corrected chi connectivity index (χ2v) is 4.95. The molecule has 3 nitrogen and oxygen atoms in total. The molecule has 92 valence electrons. The average Bonchev–Trinajstić information content (AvgIpc) is 2.33. The lowest BCUT2D eigenvalue weighted by Crippen LogP contribution is -2.62. The average molecular weight is 232 g/mol. The van der Waals surface area contributed by atoms with Crippen LogP contribution >= 0.6 is 0 Å². The van der Waals surface area contributed by atoms with Crippen molar-refractivity contribution in [1.82, 2.24) is 5.32 Å². The van der Waals surface area contributed by atoms with Gasteiger partial charge in [0.1, 0.15) is 5.54 Å². The molecule has 17 heavy (non-hydrogen) atoms. The van der Waals surface area contributed by atoms with Gasteiger partial charge in [-0.1, -0.05) is 25.1 Å². The molecule has 0 atom stereocenters. The first-order chi connectivity index (χ1) is 8.07. The Hall–Kier alpha value is -1.51. The zero-order chi connectivity index (χ0) is 12.5. The molecular formula is C14H20N2O. The Bertz CT molecular complexity index is 426. The molecule has 0 spiro atoms. The number of para-hydroxylation sites is 1. The summed E-state index contributed by atoms with van der Waals surface area (Å²) in [7, 11) is 0. The molecule has 0 aliphatic carbocycles. The molecule has 0 saturated carbocycles. The number of nitrogens with zero attached hydrogens (tertiary/aromatic N) is 1. The molecule has 0 aromatic heterocycles. The fourth-order valence-electron chi connectivity index (χ4n) is 2.39. The zero-order valence-electron chi connectivity index (χ0n) is 10.8. The van der Waals surface area contributed by atoms with Crippen LogP contribution in [-0.4, -0.2) is 24.5 Å². The van der Waals surface area contributed by atoms with Crippen LogP contribution in [0.15, 0.2) is 24.3 Å². The van der Waals surface area contributed by atoms with Crippen LogP contribution in [0.1, 0.15) is 26.3 Å². The number of piperazine rings is 1. The summed E-state index contributed by atoms with van der Waals surface area (Å²) in [6.07, 6.45) is 0.990. The van der Waals surface area contributed by atoms with E-state index >= 15 is 0 Å². The number of aryl methyl sites for hydroxylation is 1. The number of hydrogen-bond donors (Lipinski definition) is 1. The summed E-state index contributed by atoms with van der Waals surface area (Å²) in [6, 6.07) is 8.34. The topological polar surface area (TPSA) is 32.3 Å². The summed E-state index contributed by atoms with van der Waals surface area (Å²) in [4.78, 5) is 14.2. The molecule has 1 saturated heterocycles. The zero-order valence-corrected chi connectivity index (χ0v) is 10.8. The largest absolute Gasteiger partial charge is 0.356 e. The normalized spacial score (nSPS) is 19.0. The Morgan fingerprint density at radius 2 is 2.06 bits per heavy atom. The fraction of sp³-hybridized carbons (Fsp3) is 0.500. The van der Waals surface area contributed by atoms with E-state index in [1.54, 1.807) is 0 Å². The van der Waals surface area contributed by atoms with Gasteiger partial charge in [-0.2, -0.15) is 0 Å². The van der Waals surface area contributed by atoms with E-state index in [1.807, 2.05) is 19.9 Å². The summed E-state index contributed by atoms with van der Waals surface area (Å²) < 4.78 is 0. The number of amides is 1. The molecular weight excluding hydrogens is 212 g/mol. The second kappa shape index (κ2) is 4.40. The fourth-order valence-corrected chi connectivity index (χ4v) is 2.39. The minimum Gasteiger partial charge on any atom is -0.356 e. The van der Waals surface area contributed by atoms with Gasteiger partial charge in [-0.05, 0) is 31.9 Å². The first-order valence-electron chi connectivity index (χ1n) is 6.21. The summed E-state index contributed by atoms with van der Waals surface area (Å²) in [6.45, 7) is 7.70. The van der Waals surface area contributed by atoms with Gasteiger partial charge in [-0.15, -0.1) is 0 Å². The van der Waals surface area contributed by atoms with Gasteiger partial charge in [-0.25, -0.2) is 0 Å². The highest BCUT2D eigenvalue weighted by atomic mass is 16.2. The number of hydrogen-bond acceptors (Lipinski definition) is 2. The second-order valence-electron chi connectivity index (χ2n) is 4.95. The molecule has 0 radical (unpaired) electrons. The molecule has 1 aromatic carbocycles. The van der Waals surface area contributed by atoms with Crippen LogP contribution in [0.25, 0.3) is 0 Å². The number of carbonyl (C=O) groups excluding carboxylic acids is 1. The molecule has 1 heterocycles. The van der Waals surface area contributed by atoms with Crippen molar-refractivity contribution in [2.45, 2.75) is 32.7 Å². The van der Waals surface area contributed by atoms with Crippen molar-refractivity contribution in [1.29, 1.82) is 0 Å². The molecule has 1 fully saturated rings. The van der Waals surface area contributed by atoms with E-state index in [1.165, 1.54) is 11.3 Å². The molecule has 3 heteroatoms. The Balaban J connectivity index is 2.41. The Kier molecular flexibility index (Phi) is 3.09. The number of benzene rings is 1. The molecule has 1 N–H and O–H groups in total. The molecule has 1 amide bonds. The maximum atomic E-state index is 11.9. The predicted octanol–water partition coefficient (Wildman–Crippen LogP) is 1.96. The SMILES string of the molecule is CCc1ccccc1N1CCNC(=O)C1(C)C. The molecule has 2 rings (SSSR count). The van der Waals surface area contributed by atoms with E-state index in [-0.39, 0.29) is 5.91 Å². The molecule has 1 aliphatic rings. The molecule has 0 bridgehead atoms. The van der Waals surface area contributed by atoms with Crippen molar-refractivity contribution in [2.75, 3.05) is 18.0 Å². The van der Waals surface area contributed by atoms with E-state index in [9.17, 15) is 4.79 Å². The number of anilines is 1. The Morgan fingerprint density at radius 3 is 2.76 bits per heavy atom. The van der Waals surface area contributed by atoms with Gasteiger partial charge < -0.3 is 10.2 Å². The van der Waals surface area contributed by atoms with Gasteiger partial charge in [-0.3, -0.25) is 4.79 Å². The monoisotopic (exact) mass is 232 g/mol. The molecule has 0 unspecified atom stereocenters. The summed E-state index contributed by atoms with van der Waals surface area (Å²) in [5, 5.41) is 2.93. The maximum absolute atomic E-state index is 11.9. The van der Waals surface area contributed by atoms with Gasteiger partial charge in [0.2, 0.25) is 5.91 Å². The van der Waals surface area contributed by atoms with Crippen LogP contribution in [0.2, 0.25) is 0 Å². The summed E-state index contributed by atoms with van der Waals surface area (Å²) in [5.74, 6) is 0.106. The van der Waals surface area contributed by atoms with Crippen LogP contribution in [-0.2, 0) is 11.2 Å². The first-order valence-corrected chi connectivity index (χ1v) is 6.21. The summed E-state index contributed by atoms with van der Waals surface area (Å²) in [5.41, 5.74) is 2.02. The van der Waals surface area contributed by atoms with E-state index in [2.05, 4.69) is 35.3 Å². The highest BCUT2D eigenvalue weighted by Gasteiger charge is 2.38. The lowest BCUT2D eigenvalue weighted by atomic mass is 9.96. The van der Waals surface area contributed by atoms with Crippen LogP contribution in [0.4, 0.5) is 5.69 Å². The maximum Gasteiger partial charge on any atom is 0.245 e. The smallest absolute Gasteiger partial charge is 0.245 e. The number of rotatable bonds is 2. The van der Waals surface area contributed by atoms with Crippen LogP contribution in [0.5, 0.6) is 0 Å². The van der Waals surface area contributed by atoms with Crippen molar-refractivity contribution in [3.63, 3.8) is 0 Å². The van der Waals surface area contributed by atoms with Crippen molar-refractivity contribution in [3.05, 3.63) is 29.8 Å². The van der Waals surface area contributed by atoms with Crippen molar-refractivity contribution in [3.8, 4) is 0 Å². The summed E-state index contributed by atoms with van der Waals surface area (Å²) >= 11 is 0. The number of carbonyl (C=O) groups is 1. The third-order valence-corrected chi connectivity index (χ3v) is 3.51. The Morgan fingerprint density at radius 1 is 1.35 bits per heavy atom. The van der Waals surface area contributed by atoms with E-state index in [0.29, 0.717) is 0 Å². The van der Waals surface area contributed by atoms with Crippen LogP contribution in [0, 0.1) is 0 Å². The molecule has 1 aliphatic heterocycles. The molecule has 1 aromatic rings. The minimum atomic E-state index is -0.469. The third-order valence-electron chi connectivity index (χ3n) is 3.51. The van der Waals surface area contributed by atoms with Crippen LogP contribution < -0.4 is 10.2 Å². The Labute approximate surface area is 103 Å². The number of nitrogens with one attached hydrogen (secondary N) is 1. The third kappa shape index (κ3) is 2.02. The highest BCUT2D eigenvalue weighted by molar-refractivity contribution is 5.90. The van der Waals surface area contributed by atoms with E-state index < -0.39 is 5.54 Å². The standard InChI is InChI=1S/C14H20N2O/c1-4-11-7-5-6-8-12(11)16-10-9-15-13(17)14(16,2)3/h5-8H,4,9-10H2,1-3H3,(H,15,17). The van der Waals surface area contributed by atoms with Gasteiger partial charge >= 0.3 is 0 Å². The van der Waals surface area contributed by atoms with Gasteiger partial charge in [0.05, 0.1) is 0 Å². The van der Waals surface area contributed by atoms with E-state index in [4.69, 9.17) is 0 Å². The lowest BCUT2D eigenvalue weighted by Gasteiger charge is -2.43. The van der Waals surface area contributed by atoms with Gasteiger partial charge in [0.25, 0.3) is 0 Å². The highest BCUT2D eigenvalue weighted by Crippen LogP contribution is 2.29. The van der Waals surface area contributed by atoms with Crippen molar-refractivity contribution >= 4 is 11.6 Å². The van der Waals surface area contributed by atoms with Crippen molar-refractivity contribution < 1.29 is 4.79 Å². The minimum absolute atomic E-state index is 0.106. The van der Waals surface area contributed by atoms with Gasteiger partial charge in [0, 0.05) is 18.8 Å². The quantitative estimate of drug-likeness (QED) is 0.845. The first kappa shape index (κ1) is 12.0. The van der Waals surface area contributed by atoms with E-state index in [0.717, 1.165) is 19.5 Å². The lowest BCUT2D eigenvalue weighted by molar-refractivity contribution is -0.126. The predicted molar refractivity (Wildman–Crippen MR) is 70.3 cm³/mol.